The SMILES string of the molecule is Cc1cc2cc(NC(=O)C3(N)CCCC3)ccc2o1.Cl. The van der Waals surface area contributed by atoms with E-state index in [0.29, 0.717) is 0 Å². The molecule has 1 aliphatic carbocycles. The Bertz CT molecular complexity index is 630. The molecule has 3 N–H and O–H groups in total. The minimum absolute atomic E-state index is 0. The highest BCUT2D eigenvalue weighted by Crippen LogP contribution is 2.29. The quantitative estimate of drug-likeness (QED) is 0.892. The first-order valence-electron chi connectivity index (χ1n) is 6.67. The zero-order valence-corrected chi connectivity index (χ0v) is 12.3. The van der Waals surface area contributed by atoms with Gasteiger partial charge >= 0.3 is 0 Å². The fourth-order valence-corrected chi connectivity index (χ4v) is 2.74. The molecule has 1 aliphatic rings. The molecule has 1 aromatic heterocycles. The van der Waals surface area contributed by atoms with Crippen LogP contribution in [-0.2, 0) is 4.79 Å². The Morgan fingerprint density at radius 1 is 1.30 bits per heavy atom. The molecule has 1 fully saturated rings. The minimum Gasteiger partial charge on any atom is -0.461 e. The van der Waals surface area contributed by atoms with Gasteiger partial charge in [0.25, 0.3) is 0 Å². The number of hydrogen-bond acceptors (Lipinski definition) is 3. The lowest BCUT2D eigenvalue weighted by atomic mass is 9.98. The van der Waals surface area contributed by atoms with Crippen molar-refractivity contribution in [1.82, 2.24) is 0 Å². The van der Waals surface area contributed by atoms with Gasteiger partial charge in [0.2, 0.25) is 5.91 Å². The first-order chi connectivity index (χ1) is 9.07. The van der Waals surface area contributed by atoms with E-state index in [9.17, 15) is 4.79 Å². The van der Waals surface area contributed by atoms with Crippen molar-refractivity contribution in [3.63, 3.8) is 0 Å². The third-order valence-electron chi connectivity index (χ3n) is 3.85. The van der Waals surface area contributed by atoms with Crippen molar-refractivity contribution in [3.05, 3.63) is 30.0 Å². The van der Waals surface area contributed by atoms with Gasteiger partial charge in [-0.25, -0.2) is 0 Å². The number of amides is 1. The molecule has 0 radical (unpaired) electrons. The van der Waals surface area contributed by atoms with Crippen LogP contribution in [0.1, 0.15) is 31.4 Å². The van der Waals surface area contributed by atoms with E-state index in [1.165, 1.54) is 0 Å². The van der Waals surface area contributed by atoms with Crippen molar-refractivity contribution < 1.29 is 9.21 Å². The normalized spacial score (nSPS) is 16.9. The number of carbonyl (C=O) groups excluding carboxylic acids is 1. The zero-order valence-electron chi connectivity index (χ0n) is 11.4. The van der Waals surface area contributed by atoms with Crippen LogP contribution in [0.3, 0.4) is 0 Å². The number of rotatable bonds is 2. The van der Waals surface area contributed by atoms with Gasteiger partial charge in [-0.3, -0.25) is 4.79 Å². The average Bonchev–Trinajstić information content (AvgIpc) is 2.95. The number of anilines is 1. The Morgan fingerprint density at radius 2 is 2.00 bits per heavy atom. The predicted molar refractivity (Wildman–Crippen MR) is 82.2 cm³/mol. The largest absolute Gasteiger partial charge is 0.461 e. The summed E-state index contributed by atoms with van der Waals surface area (Å²) in [5, 5.41) is 3.91. The van der Waals surface area contributed by atoms with Gasteiger partial charge in [0.1, 0.15) is 11.3 Å². The van der Waals surface area contributed by atoms with Crippen LogP contribution in [0.25, 0.3) is 11.0 Å². The second kappa shape index (κ2) is 5.46. The third kappa shape index (κ3) is 2.67. The van der Waals surface area contributed by atoms with Crippen molar-refractivity contribution in [2.45, 2.75) is 38.1 Å². The smallest absolute Gasteiger partial charge is 0.244 e. The lowest BCUT2D eigenvalue weighted by molar-refractivity contribution is -0.121. The van der Waals surface area contributed by atoms with Crippen LogP contribution >= 0.6 is 12.4 Å². The van der Waals surface area contributed by atoms with Gasteiger partial charge in [-0.2, -0.15) is 0 Å². The highest BCUT2D eigenvalue weighted by atomic mass is 35.5. The van der Waals surface area contributed by atoms with E-state index in [1.54, 1.807) is 0 Å². The number of benzene rings is 1. The maximum atomic E-state index is 12.2. The molecular weight excluding hydrogens is 276 g/mol. The van der Waals surface area contributed by atoms with Crippen LogP contribution in [-0.4, -0.2) is 11.4 Å². The zero-order chi connectivity index (χ0) is 13.5. The lowest BCUT2D eigenvalue weighted by Gasteiger charge is -2.22. The van der Waals surface area contributed by atoms with Gasteiger partial charge in [-0.05, 0) is 44.0 Å². The molecule has 0 spiro atoms. The Balaban J connectivity index is 0.00000147. The number of aryl methyl sites for hydroxylation is 1. The fourth-order valence-electron chi connectivity index (χ4n) is 2.74. The molecule has 0 saturated heterocycles. The van der Waals surface area contributed by atoms with Crippen LogP contribution in [0.15, 0.2) is 28.7 Å². The van der Waals surface area contributed by atoms with Crippen LogP contribution in [0.4, 0.5) is 5.69 Å². The summed E-state index contributed by atoms with van der Waals surface area (Å²) in [7, 11) is 0. The molecule has 20 heavy (non-hydrogen) atoms. The molecule has 0 aliphatic heterocycles. The van der Waals surface area contributed by atoms with Crippen LogP contribution in [0, 0.1) is 6.92 Å². The molecule has 2 aromatic rings. The molecule has 4 nitrogen and oxygen atoms in total. The predicted octanol–water partition coefficient (Wildman–Crippen LogP) is 3.37. The Kier molecular flexibility index (Phi) is 4.06. The van der Waals surface area contributed by atoms with E-state index in [0.717, 1.165) is 48.1 Å². The second-order valence-electron chi connectivity index (χ2n) is 5.43. The van der Waals surface area contributed by atoms with Gasteiger partial charge in [0.05, 0.1) is 5.54 Å². The van der Waals surface area contributed by atoms with Gasteiger partial charge < -0.3 is 15.5 Å². The lowest BCUT2D eigenvalue weighted by Crippen LogP contribution is -2.48. The molecule has 1 aromatic carbocycles. The number of fused-ring (bicyclic) bond motifs is 1. The number of furan rings is 1. The second-order valence-corrected chi connectivity index (χ2v) is 5.43. The molecule has 1 saturated carbocycles. The number of hydrogen-bond donors (Lipinski definition) is 2. The number of halogens is 1. The third-order valence-corrected chi connectivity index (χ3v) is 3.85. The van der Waals surface area contributed by atoms with Gasteiger partial charge in [-0.15, -0.1) is 12.4 Å². The molecule has 3 rings (SSSR count). The van der Waals surface area contributed by atoms with Crippen molar-refractivity contribution in [2.75, 3.05) is 5.32 Å². The van der Waals surface area contributed by atoms with Gasteiger partial charge in [0, 0.05) is 11.1 Å². The summed E-state index contributed by atoms with van der Waals surface area (Å²) in [5.41, 5.74) is 7.05. The van der Waals surface area contributed by atoms with Crippen molar-refractivity contribution in [2.24, 2.45) is 5.73 Å². The first-order valence-corrected chi connectivity index (χ1v) is 6.67. The first kappa shape index (κ1) is 14.9. The fraction of sp³-hybridized carbons (Fsp3) is 0.400. The van der Waals surface area contributed by atoms with Crippen molar-refractivity contribution in [3.8, 4) is 0 Å². The van der Waals surface area contributed by atoms with E-state index < -0.39 is 5.54 Å². The summed E-state index contributed by atoms with van der Waals surface area (Å²) in [6, 6.07) is 7.60. The Hall–Kier alpha value is -1.52. The summed E-state index contributed by atoms with van der Waals surface area (Å²) >= 11 is 0. The van der Waals surface area contributed by atoms with Crippen LogP contribution in [0.5, 0.6) is 0 Å². The van der Waals surface area contributed by atoms with Crippen molar-refractivity contribution >= 4 is 35.0 Å². The van der Waals surface area contributed by atoms with Gasteiger partial charge in [-0.1, -0.05) is 12.8 Å². The highest BCUT2D eigenvalue weighted by Gasteiger charge is 2.36. The maximum absolute atomic E-state index is 12.2. The molecule has 1 heterocycles. The summed E-state index contributed by atoms with van der Waals surface area (Å²) < 4.78 is 5.51. The van der Waals surface area contributed by atoms with Crippen LogP contribution < -0.4 is 11.1 Å². The molecule has 1 amide bonds. The summed E-state index contributed by atoms with van der Waals surface area (Å²) in [4.78, 5) is 12.2. The van der Waals surface area contributed by atoms with Crippen molar-refractivity contribution in [1.29, 1.82) is 0 Å². The van der Waals surface area contributed by atoms with E-state index in [2.05, 4.69) is 5.32 Å². The summed E-state index contributed by atoms with van der Waals surface area (Å²) in [5.74, 6) is 0.786. The molecule has 0 bridgehead atoms. The standard InChI is InChI=1S/C15H18N2O2.ClH/c1-10-8-11-9-12(4-5-13(11)19-10)17-14(18)15(16)6-2-3-7-15;/h4-5,8-9H,2-3,6-7,16H2,1H3,(H,17,18);1H. The van der Waals surface area contributed by atoms with Crippen LogP contribution in [0.2, 0.25) is 0 Å². The molecule has 0 atom stereocenters. The van der Waals surface area contributed by atoms with E-state index in [1.807, 2.05) is 31.2 Å². The highest BCUT2D eigenvalue weighted by molar-refractivity contribution is 5.99. The summed E-state index contributed by atoms with van der Waals surface area (Å²) in [6.45, 7) is 1.91. The maximum Gasteiger partial charge on any atom is 0.244 e. The molecule has 108 valence electrons. The monoisotopic (exact) mass is 294 g/mol. The molecular formula is C15H19ClN2O2. The topological polar surface area (TPSA) is 68.3 Å². The Morgan fingerprint density at radius 3 is 2.70 bits per heavy atom. The minimum atomic E-state index is -0.693. The average molecular weight is 295 g/mol. The van der Waals surface area contributed by atoms with E-state index in [-0.39, 0.29) is 18.3 Å². The number of nitrogens with two attached hydrogens (primary N) is 1. The number of carbonyl (C=O) groups is 1. The van der Waals surface area contributed by atoms with E-state index in [4.69, 9.17) is 10.2 Å². The summed E-state index contributed by atoms with van der Waals surface area (Å²) in [6.07, 6.45) is 3.60. The molecule has 0 unspecified atom stereocenters. The number of nitrogens with one attached hydrogen (secondary N) is 1. The van der Waals surface area contributed by atoms with Gasteiger partial charge in [0.15, 0.2) is 0 Å². The molecule has 5 heteroatoms. The van der Waals surface area contributed by atoms with E-state index >= 15 is 0 Å². The Labute approximate surface area is 124 Å².